The highest BCUT2D eigenvalue weighted by Crippen LogP contribution is 2.32. The van der Waals surface area contributed by atoms with E-state index < -0.39 is 28.3 Å². The Balaban J connectivity index is 2.89. The molecule has 0 aromatic heterocycles. The molecule has 1 N–H and O–H groups in total. The van der Waals surface area contributed by atoms with Crippen LogP contribution in [0.1, 0.15) is 45.7 Å². The van der Waals surface area contributed by atoms with Gasteiger partial charge < -0.3 is 9.47 Å². The molecule has 0 spiro atoms. The molecular formula is C17H23BrN2O6. The largest absolute Gasteiger partial charge is 0.443 e. The number of carbonyl (C=O) groups is 2. The molecule has 0 fully saturated rings. The van der Waals surface area contributed by atoms with E-state index in [2.05, 4.69) is 15.9 Å². The minimum atomic E-state index is -1.10. The van der Waals surface area contributed by atoms with Crippen molar-refractivity contribution < 1.29 is 24.0 Å². The SMILES string of the molecule is Cc1cc(Br)c(CC(C)(C)OC(=O)NC(=O)OC(C)(C)C)c([N+](=O)[O-])c1. The molecule has 1 aromatic rings. The van der Waals surface area contributed by atoms with Crippen LogP contribution < -0.4 is 5.32 Å². The molecule has 0 atom stereocenters. The lowest BCUT2D eigenvalue weighted by atomic mass is 9.96. The molecule has 8 nitrogen and oxygen atoms in total. The van der Waals surface area contributed by atoms with Crippen molar-refractivity contribution in [3.05, 3.63) is 37.8 Å². The van der Waals surface area contributed by atoms with E-state index >= 15 is 0 Å². The Morgan fingerprint density at radius 1 is 1.15 bits per heavy atom. The third kappa shape index (κ3) is 6.99. The molecule has 1 rings (SSSR count). The molecule has 144 valence electrons. The van der Waals surface area contributed by atoms with Crippen LogP contribution in [0.5, 0.6) is 0 Å². The fourth-order valence-electron chi connectivity index (χ4n) is 2.22. The Kier molecular flexibility index (Phi) is 6.76. The van der Waals surface area contributed by atoms with Crippen molar-refractivity contribution in [3.8, 4) is 0 Å². The predicted molar refractivity (Wildman–Crippen MR) is 99.2 cm³/mol. The molecule has 0 unspecified atom stereocenters. The van der Waals surface area contributed by atoms with E-state index in [-0.39, 0.29) is 12.1 Å². The lowest BCUT2D eigenvalue weighted by Crippen LogP contribution is -2.41. The molecule has 0 aliphatic carbocycles. The van der Waals surface area contributed by atoms with Crippen LogP contribution in [0.2, 0.25) is 0 Å². The van der Waals surface area contributed by atoms with Gasteiger partial charge >= 0.3 is 12.2 Å². The first-order valence-electron chi connectivity index (χ1n) is 7.86. The molecule has 26 heavy (non-hydrogen) atoms. The van der Waals surface area contributed by atoms with Crippen LogP contribution in [0.15, 0.2) is 16.6 Å². The summed E-state index contributed by atoms with van der Waals surface area (Å²) in [5.74, 6) is 0. The summed E-state index contributed by atoms with van der Waals surface area (Å²) in [6.45, 7) is 9.93. The Morgan fingerprint density at radius 2 is 1.69 bits per heavy atom. The van der Waals surface area contributed by atoms with Gasteiger partial charge in [0.2, 0.25) is 0 Å². The summed E-state index contributed by atoms with van der Waals surface area (Å²) in [6, 6.07) is 3.20. The van der Waals surface area contributed by atoms with E-state index in [9.17, 15) is 19.7 Å². The van der Waals surface area contributed by atoms with E-state index in [4.69, 9.17) is 9.47 Å². The lowest BCUT2D eigenvalue weighted by Gasteiger charge is -2.26. The molecule has 0 bridgehead atoms. The Bertz CT molecular complexity index is 725. The predicted octanol–water partition coefficient (Wildman–Crippen LogP) is 4.65. The zero-order chi connectivity index (χ0) is 20.3. The maximum Gasteiger partial charge on any atom is 0.417 e. The highest BCUT2D eigenvalue weighted by atomic mass is 79.9. The van der Waals surface area contributed by atoms with Crippen molar-refractivity contribution in [1.29, 1.82) is 0 Å². The summed E-state index contributed by atoms with van der Waals surface area (Å²) in [5, 5.41) is 13.3. The quantitative estimate of drug-likeness (QED) is 0.549. The number of imide groups is 1. The molecule has 0 heterocycles. The number of nitro benzene ring substituents is 1. The van der Waals surface area contributed by atoms with Crippen molar-refractivity contribution in [3.63, 3.8) is 0 Å². The van der Waals surface area contributed by atoms with E-state index in [1.54, 1.807) is 47.6 Å². The first kappa shape index (κ1) is 21.9. The number of aryl methyl sites for hydroxylation is 1. The zero-order valence-electron chi connectivity index (χ0n) is 15.6. The summed E-state index contributed by atoms with van der Waals surface area (Å²) in [7, 11) is 0. The van der Waals surface area contributed by atoms with Crippen LogP contribution in [-0.4, -0.2) is 28.3 Å². The van der Waals surface area contributed by atoms with Gasteiger partial charge in [-0.2, -0.15) is 0 Å². The van der Waals surface area contributed by atoms with Crippen molar-refractivity contribution >= 4 is 33.8 Å². The number of amides is 2. The number of hydrogen-bond acceptors (Lipinski definition) is 6. The Labute approximate surface area is 160 Å². The number of benzene rings is 1. The van der Waals surface area contributed by atoms with Crippen molar-refractivity contribution in [2.45, 2.75) is 59.2 Å². The number of alkyl carbamates (subject to hydrolysis) is 2. The lowest BCUT2D eigenvalue weighted by molar-refractivity contribution is -0.385. The molecule has 2 amide bonds. The normalized spacial score (nSPS) is 11.7. The van der Waals surface area contributed by atoms with Gasteiger partial charge in [0.15, 0.2) is 0 Å². The zero-order valence-corrected chi connectivity index (χ0v) is 17.2. The third-order valence-corrected chi connectivity index (χ3v) is 3.79. The van der Waals surface area contributed by atoms with Crippen LogP contribution in [0.4, 0.5) is 15.3 Å². The number of nitrogens with one attached hydrogen (secondary N) is 1. The first-order valence-corrected chi connectivity index (χ1v) is 8.66. The van der Waals surface area contributed by atoms with Crippen molar-refractivity contribution in [2.24, 2.45) is 0 Å². The van der Waals surface area contributed by atoms with E-state index in [0.717, 1.165) is 5.56 Å². The highest BCUT2D eigenvalue weighted by Gasteiger charge is 2.30. The van der Waals surface area contributed by atoms with E-state index in [1.165, 1.54) is 6.07 Å². The number of nitro groups is 1. The van der Waals surface area contributed by atoms with Crippen LogP contribution >= 0.6 is 15.9 Å². The van der Waals surface area contributed by atoms with E-state index in [1.807, 2.05) is 5.32 Å². The number of nitrogens with zero attached hydrogens (tertiary/aromatic N) is 1. The molecule has 0 radical (unpaired) electrons. The van der Waals surface area contributed by atoms with Crippen LogP contribution in [0, 0.1) is 17.0 Å². The molecule has 9 heteroatoms. The van der Waals surface area contributed by atoms with Gasteiger partial charge in [-0.05, 0) is 53.2 Å². The van der Waals surface area contributed by atoms with Gasteiger partial charge in [-0.25, -0.2) is 14.9 Å². The minimum Gasteiger partial charge on any atom is -0.443 e. The molecular weight excluding hydrogens is 408 g/mol. The molecule has 0 aliphatic heterocycles. The maximum atomic E-state index is 11.9. The monoisotopic (exact) mass is 430 g/mol. The topological polar surface area (TPSA) is 108 Å². The van der Waals surface area contributed by atoms with Crippen molar-refractivity contribution in [2.75, 3.05) is 0 Å². The molecule has 0 aliphatic rings. The summed E-state index contributed by atoms with van der Waals surface area (Å²) >= 11 is 3.32. The number of halogens is 1. The molecule has 0 saturated carbocycles. The Morgan fingerprint density at radius 3 is 2.19 bits per heavy atom. The smallest absolute Gasteiger partial charge is 0.417 e. The van der Waals surface area contributed by atoms with Gasteiger partial charge in [0.25, 0.3) is 5.69 Å². The van der Waals surface area contributed by atoms with Gasteiger partial charge in [0, 0.05) is 22.5 Å². The average molecular weight is 431 g/mol. The maximum absolute atomic E-state index is 11.9. The van der Waals surface area contributed by atoms with Crippen molar-refractivity contribution in [1.82, 2.24) is 5.32 Å². The van der Waals surface area contributed by atoms with Gasteiger partial charge in [0.05, 0.1) is 4.92 Å². The van der Waals surface area contributed by atoms with Crippen LogP contribution in [0.3, 0.4) is 0 Å². The summed E-state index contributed by atoms with van der Waals surface area (Å²) in [4.78, 5) is 34.4. The molecule has 1 aromatic carbocycles. The fraction of sp³-hybridized carbons (Fsp3) is 0.529. The standard InChI is InChI=1S/C17H23BrN2O6/c1-10-7-12(18)11(13(8-10)20(23)24)9-17(5,6)26-15(22)19-14(21)25-16(2,3)4/h7-8H,9H2,1-6H3,(H,19,21,22). The molecule has 0 saturated heterocycles. The second kappa shape index (κ2) is 8.03. The Hall–Kier alpha value is -2.16. The summed E-state index contributed by atoms with van der Waals surface area (Å²) < 4.78 is 10.8. The average Bonchev–Trinajstić information content (AvgIpc) is 2.37. The first-order chi connectivity index (χ1) is 11.7. The van der Waals surface area contributed by atoms with Gasteiger partial charge in [-0.1, -0.05) is 15.9 Å². The summed E-state index contributed by atoms with van der Waals surface area (Å²) in [6.07, 6.45) is -1.85. The van der Waals surface area contributed by atoms with Crippen LogP contribution in [0.25, 0.3) is 0 Å². The van der Waals surface area contributed by atoms with E-state index in [0.29, 0.717) is 10.0 Å². The van der Waals surface area contributed by atoms with Gasteiger partial charge in [0.1, 0.15) is 11.2 Å². The van der Waals surface area contributed by atoms with Gasteiger partial charge in [-0.3, -0.25) is 10.1 Å². The number of rotatable bonds is 4. The minimum absolute atomic E-state index is 0.0684. The summed E-state index contributed by atoms with van der Waals surface area (Å²) in [5.41, 5.74) is -0.799. The second-order valence-corrected chi connectivity index (χ2v) is 8.31. The highest BCUT2D eigenvalue weighted by molar-refractivity contribution is 9.10. The fourth-order valence-corrected chi connectivity index (χ4v) is 2.92. The second-order valence-electron chi connectivity index (χ2n) is 7.45. The van der Waals surface area contributed by atoms with Gasteiger partial charge in [-0.15, -0.1) is 0 Å². The van der Waals surface area contributed by atoms with Crippen LogP contribution in [-0.2, 0) is 15.9 Å². The number of carbonyl (C=O) groups excluding carboxylic acids is 2. The third-order valence-electron chi connectivity index (χ3n) is 3.09. The number of hydrogen-bond donors (Lipinski definition) is 1. The number of ether oxygens (including phenoxy) is 2.